The number of alkyl halides is 3. The van der Waals surface area contributed by atoms with Gasteiger partial charge >= 0.3 is 12.3 Å². The highest BCUT2D eigenvalue weighted by atomic mass is 35.5. The van der Waals surface area contributed by atoms with Crippen molar-refractivity contribution in [3.05, 3.63) is 41.4 Å². The molecule has 0 aliphatic carbocycles. The fourth-order valence-corrected chi connectivity index (χ4v) is 4.33. The summed E-state index contributed by atoms with van der Waals surface area (Å²) in [4.78, 5) is 28.6. The van der Waals surface area contributed by atoms with E-state index < -0.39 is 23.4 Å². The van der Waals surface area contributed by atoms with E-state index in [4.69, 9.17) is 16.3 Å². The van der Waals surface area contributed by atoms with Gasteiger partial charge < -0.3 is 14.5 Å². The summed E-state index contributed by atoms with van der Waals surface area (Å²) in [6, 6.07) is 2.35. The van der Waals surface area contributed by atoms with Crippen LogP contribution in [0.5, 0.6) is 0 Å². The van der Waals surface area contributed by atoms with E-state index in [2.05, 4.69) is 15.0 Å². The number of pyridine rings is 1. The molecule has 188 valence electrons. The lowest BCUT2D eigenvalue weighted by Gasteiger charge is -2.44. The number of aromatic nitrogens is 4. The number of rotatable bonds is 2. The molecule has 0 N–H and O–H groups in total. The van der Waals surface area contributed by atoms with Crippen LogP contribution in [0, 0.1) is 0 Å². The second kappa shape index (κ2) is 8.85. The summed E-state index contributed by atoms with van der Waals surface area (Å²) in [6.07, 6.45) is -1.51. The lowest BCUT2D eigenvalue weighted by atomic mass is 10.1. The van der Waals surface area contributed by atoms with E-state index in [0.717, 1.165) is 6.20 Å². The van der Waals surface area contributed by atoms with Crippen molar-refractivity contribution in [3.63, 3.8) is 0 Å². The quantitative estimate of drug-likeness (QED) is 0.464. The summed E-state index contributed by atoms with van der Waals surface area (Å²) < 4.78 is 49.3. The number of hydrogen-bond acceptors (Lipinski definition) is 6. The number of piperazine rings is 1. The first-order valence-corrected chi connectivity index (χ1v) is 11.5. The molecule has 1 fully saturated rings. The van der Waals surface area contributed by atoms with Crippen molar-refractivity contribution in [2.45, 2.75) is 58.5 Å². The van der Waals surface area contributed by atoms with Crippen LogP contribution in [0.1, 0.15) is 40.2 Å². The van der Waals surface area contributed by atoms with E-state index in [9.17, 15) is 18.0 Å². The molecule has 0 bridgehead atoms. The Kier molecular flexibility index (Phi) is 6.33. The van der Waals surface area contributed by atoms with Crippen LogP contribution in [-0.2, 0) is 10.9 Å². The van der Waals surface area contributed by atoms with Crippen molar-refractivity contribution in [2.75, 3.05) is 18.0 Å². The Balaban J connectivity index is 1.78. The largest absolute Gasteiger partial charge is 0.444 e. The first-order valence-electron chi connectivity index (χ1n) is 11.1. The van der Waals surface area contributed by atoms with Gasteiger partial charge in [-0.1, -0.05) is 11.6 Å². The van der Waals surface area contributed by atoms with E-state index in [1.54, 1.807) is 30.6 Å². The molecule has 0 aromatic carbocycles. The molecule has 8 nitrogen and oxygen atoms in total. The van der Waals surface area contributed by atoms with Crippen LogP contribution in [-0.4, -0.2) is 61.3 Å². The predicted octanol–water partition coefficient (Wildman–Crippen LogP) is 5.32. The molecule has 1 saturated heterocycles. The van der Waals surface area contributed by atoms with Crippen molar-refractivity contribution in [3.8, 4) is 5.82 Å². The van der Waals surface area contributed by atoms with Crippen molar-refractivity contribution < 1.29 is 22.7 Å². The van der Waals surface area contributed by atoms with Crippen LogP contribution >= 0.6 is 11.6 Å². The van der Waals surface area contributed by atoms with Gasteiger partial charge in [0.2, 0.25) is 0 Å². The van der Waals surface area contributed by atoms with E-state index in [1.165, 1.54) is 29.2 Å². The van der Waals surface area contributed by atoms with E-state index in [-0.39, 0.29) is 47.8 Å². The van der Waals surface area contributed by atoms with Crippen LogP contribution < -0.4 is 4.90 Å². The number of halogens is 4. The standard InChI is InChI=1S/C23H26ClF3N6O2/c1-13-10-32(21(34)35-22(3,4)5)14(2)9-31(13)19-18-16(23(25,26)27)11-33(20(18)30-12-29-19)17-8-15(24)6-7-28-17/h6-8,11-14H,9-10H2,1-5H3/t13?,14-/m0/s1. The van der Waals surface area contributed by atoms with E-state index in [0.29, 0.717) is 5.02 Å². The van der Waals surface area contributed by atoms with Crippen LogP contribution in [0.3, 0.4) is 0 Å². The predicted molar refractivity (Wildman–Crippen MR) is 126 cm³/mol. The van der Waals surface area contributed by atoms with Gasteiger partial charge in [-0.3, -0.25) is 4.57 Å². The zero-order valence-corrected chi connectivity index (χ0v) is 20.7. The summed E-state index contributed by atoms with van der Waals surface area (Å²) >= 11 is 6.05. The highest BCUT2D eigenvalue weighted by molar-refractivity contribution is 6.30. The van der Waals surface area contributed by atoms with Crippen molar-refractivity contribution in [1.29, 1.82) is 0 Å². The molecule has 0 saturated carbocycles. The maximum atomic E-state index is 14.2. The second-order valence-corrected chi connectivity index (χ2v) is 10.1. The Hall–Kier alpha value is -3.08. The fourth-order valence-electron chi connectivity index (χ4n) is 4.17. The lowest BCUT2D eigenvalue weighted by molar-refractivity contribution is -0.136. The van der Waals surface area contributed by atoms with E-state index >= 15 is 0 Å². The summed E-state index contributed by atoms with van der Waals surface area (Å²) in [5.74, 6) is 0.352. The molecule has 3 aromatic heterocycles. The number of ether oxygens (including phenoxy) is 1. The number of carbonyl (C=O) groups is 1. The zero-order valence-electron chi connectivity index (χ0n) is 20.0. The van der Waals surface area contributed by atoms with Crippen molar-refractivity contribution in [2.24, 2.45) is 0 Å². The third-order valence-electron chi connectivity index (χ3n) is 5.71. The number of carbonyl (C=O) groups excluding carboxylic acids is 1. The third kappa shape index (κ3) is 5.00. The molecule has 1 unspecified atom stereocenters. The summed E-state index contributed by atoms with van der Waals surface area (Å²) in [5, 5.41) is 0.201. The van der Waals surface area contributed by atoms with E-state index in [1.807, 2.05) is 13.8 Å². The Morgan fingerprint density at radius 1 is 1.11 bits per heavy atom. The normalized spacial score (nSPS) is 19.3. The maximum Gasteiger partial charge on any atom is 0.418 e. The highest BCUT2D eigenvalue weighted by Crippen LogP contribution is 2.41. The second-order valence-electron chi connectivity index (χ2n) is 9.62. The SMILES string of the molecule is CC1CN(C(=O)OC(C)(C)C)[C@@H](C)CN1c1ncnc2c1c(C(F)(F)F)cn2-c1cc(Cl)ccn1. The highest BCUT2D eigenvalue weighted by Gasteiger charge is 2.40. The van der Waals surface area contributed by atoms with Gasteiger partial charge in [-0.25, -0.2) is 19.7 Å². The average Bonchev–Trinajstić information content (AvgIpc) is 3.14. The Morgan fingerprint density at radius 2 is 1.83 bits per heavy atom. The van der Waals surface area contributed by atoms with Gasteiger partial charge in [0.1, 0.15) is 23.6 Å². The van der Waals surface area contributed by atoms with Gasteiger partial charge in [0, 0.05) is 48.7 Å². The van der Waals surface area contributed by atoms with Crippen LogP contribution in [0.4, 0.5) is 23.8 Å². The molecule has 1 aliphatic heterocycles. The van der Waals surface area contributed by atoms with Crippen molar-refractivity contribution in [1.82, 2.24) is 24.4 Å². The van der Waals surface area contributed by atoms with Crippen LogP contribution in [0.2, 0.25) is 5.02 Å². The summed E-state index contributed by atoms with van der Waals surface area (Å²) in [6.45, 7) is 9.54. The third-order valence-corrected chi connectivity index (χ3v) is 5.94. The van der Waals surface area contributed by atoms with Gasteiger partial charge in [0.15, 0.2) is 5.65 Å². The molecule has 0 radical (unpaired) electrons. The number of amides is 1. The summed E-state index contributed by atoms with van der Waals surface area (Å²) in [7, 11) is 0. The van der Waals surface area contributed by atoms with Gasteiger partial charge in [-0.15, -0.1) is 0 Å². The zero-order chi connectivity index (χ0) is 25.7. The molecule has 4 rings (SSSR count). The topological polar surface area (TPSA) is 76.4 Å². The molecule has 2 atom stereocenters. The number of hydrogen-bond donors (Lipinski definition) is 0. The van der Waals surface area contributed by atoms with Crippen LogP contribution in [0.15, 0.2) is 30.9 Å². The van der Waals surface area contributed by atoms with Gasteiger partial charge in [-0.05, 0) is 40.7 Å². The molecule has 4 heterocycles. The molecule has 3 aromatic rings. The molecule has 35 heavy (non-hydrogen) atoms. The Morgan fingerprint density at radius 3 is 2.46 bits per heavy atom. The minimum atomic E-state index is -4.66. The molecular weight excluding hydrogens is 485 g/mol. The minimum absolute atomic E-state index is 0.0616. The Bertz CT molecular complexity index is 1260. The molecule has 1 aliphatic rings. The molecule has 1 amide bonds. The fraction of sp³-hybridized carbons (Fsp3) is 0.478. The molecule has 12 heteroatoms. The molecular formula is C23H26ClF3N6O2. The molecule has 0 spiro atoms. The number of nitrogens with zero attached hydrogens (tertiary/aromatic N) is 6. The van der Waals surface area contributed by atoms with Gasteiger partial charge in [0.05, 0.1) is 10.9 Å². The smallest absolute Gasteiger partial charge is 0.418 e. The first kappa shape index (κ1) is 25.0. The number of anilines is 1. The first-order chi connectivity index (χ1) is 16.3. The minimum Gasteiger partial charge on any atom is -0.444 e. The van der Waals surface area contributed by atoms with Gasteiger partial charge in [0.25, 0.3) is 0 Å². The van der Waals surface area contributed by atoms with Crippen LogP contribution in [0.25, 0.3) is 16.9 Å². The lowest BCUT2D eigenvalue weighted by Crippen LogP contribution is -2.59. The number of fused-ring (bicyclic) bond motifs is 1. The summed E-state index contributed by atoms with van der Waals surface area (Å²) in [5.41, 5.74) is -1.47. The van der Waals surface area contributed by atoms with Gasteiger partial charge in [-0.2, -0.15) is 13.2 Å². The monoisotopic (exact) mass is 510 g/mol. The maximum absolute atomic E-state index is 14.2. The average molecular weight is 511 g/mol. The Labute approximate surface area is 205 Å². The van der Waals surface area contributed by atoms with Crippen molar-refractivity contribution >= 4 is 34.5 Å².